The van der Waals surface area contributed by atoms with Crippen LogP contribution in [0, 0.1) is 6.92 Å². The summed E-state index contributed by atoms with van der Waals surface area (Å²) in [5, 5.41) is 5.19. The van der Waals surface area contributed by atoms with Gasteiger partial charge in [0.1, 0.15) is 0 Å². The van der Waals surface area contributed by atoms with Crippen LogP contribution in [0.1, 0.15) is 30.8 Å². The lowest BCUT2D eigenvalue weighted by Crippen LogP contribution is -2.36. The van der Waals surface area contributed by atoms with Crippen LogP contribution in [-0.2, 0) is 18.5 Å². The van der Waals surface area contributed by atoms with Gasteiger partial charge in [0.05, 0.1) is 5.69 Å². The van der Waals surface area contributed by atoms with Gasteiger partial charge in [-0.15, -0.1) is 0 Å². The average Bonchev–Trinajstić information content (AvgIpc) is 2.69. The van der Waals surface area contributed by atoms with Crippen LogP contribution in [0.15, 0.2) is 30.3 Å². The maximum atomic E-state index is 6.47. The third kappa shape index (κ3) is 3.17. The van der Waals surface area contributed by atoms with Crippen molar-refractivity contribution in [2.45, 2.75) is 39.3 Å². The van der Waals surface area contributed by atoms with E-state index < -0.39 is 5.54 Å². The molecular weight excluding hydrogens is 258 g/mol. The molecule has 2 N–H and O–H groups in total. The maximum absolute atomic E-state index is 6.47. The number of nitrogens with zero attached hydrogens (tertiary/aromatic N) is 2. The fraction of sp³-hybridized carbons (Fsp3) is 0.400. The highest BCUT2D eigenvalue weighted by Gasteiger charge is 2.23. The van der Waals surface area contributed by atoms with Crippen molar-refractivity contribution in [3.8, 4) is 0 Å². The molecule has 0 bridgehead atoms. The summed E-state index contributed by atoms with van der Waals surface area (Å²) in [5.41, 5.74) is 9.32. The van der Waals surface area contributed by atoms with Gasteiger partial charge in [-0.3, -0.25) is 4.68 Å². The zero-order valence-electron chi connectivity index (χ0n) is 11.7. The van der Waals surface area contributed by atoms with Crippen molar-refractivity contribution in [1.82, 2.24) is 9.78 Å². The van der Waals surface area contributed by atoms with E-state index in [1.54, 1.807) is 0 Å². The topological polar surface area (TPSA) is 43.8 Å². The monoisotopic (exact) mass is 277 g/mol. The second-order valence-electron chi connectivity index (χ2n) is 5.19. The molecule has 0 spiro atoms. The zero-order valence-corrected chi connectivity index (χ0v) is 12.4. The molecule has 0 fully saturated rings. The van der Waals surface area contributed by atoms with Crippen LogP contribution in [0.5, 0.6) is 0 Å². The lowest BCUT2D eigenvalue weighted by atomic mass is 9.88. The van der Waals surface area contributed by atoms with E-state index in [4.69, 9.17) is 17.3 Å². The molecule has 0 aliphatic rings. The van der Waals surface area contributed by atoms with Crippen molar-refractivity contribution in [1.29, 1.82) is 0 Å². The Balaban J connectivity index is 2.27. The summed E-state index contributed by atoms with van der Waals surface area (Å²) in [6.07, 6.45) is 0.753. The fourth-order valence-corrected chi connectivity index (χ4v) is 2.45. The lowest BCUT2D eigenvalue weighted by Gasteiger charge is -2.25. The maximum Gasteiger partial charge on any atom is 0.0596 e. The first kappa shape index (κ1) is 14.1. The van der Waals surface area contributed by atoms with Crippen LogP contribution in [-0.4, -0.2) is 9.78 Å². The first-order chi connectivity index (χ1) is 8.92. The van der Waals surface area contributed by atoms with Crippen LogP contribution in [0.4, 0.5) is 0 Å². The van der Waals surface area contributed by atoms with Gasteiger partial charge < -0.3 is 5.73 Å². The molecule has 1 aromatic carbocycles. The molecule has 0 amide bonds. The number of halogens is 1. The summed E-state index contributed by atoms with van der Waals surface area (Å²) in [6.45, 7) is 7.00. The third-order valence-corrected chi connectivity index (χ3v) is 3.59. The Morgan fingerprint density at radius 3 is 2.53 bits per heavy atom. The summed E-state index contributed by atoms with van der Waals surface area (Å²) < 4.78 is 2.01. The normalized spacial score (nSPS) is 14.4. The minimum Gasteiger partial charge on any atom is -0.321 e. The molecule has 1 unspecified atom stereocenters. The molecule has 4 heteroatoms. The number of rotatable bonds is 4. The van der Waals surface area contributed by atoms with Gasteiger partial charge in [0, 0.05) is 29.2 Å². The van der Waals surface area contributed by atoms with E-state index in [1.807, 2.05) is 42.8 Å². The first-order valence-electron chi connectivity index (χ1n) is 6.50. The van der Waals surface area contributed by atoms with Gasteiger partial charge in [0.15, 0.2) is 0 Å². The predicted molar refractivity (Wildman–Crippen MR) is 79.3 cm³/mol. The molecule has 19 heavy (non-hydrogen) atoms. The summed E-state index contributed by atoms with van der Waals surface area (Å²) in [4.78, 5) is 0. The molecule has 1 atom stereocenters. The number of aryl methyl sites for hydroxylation is 2. The van der Waals surface area contributed by atoms with Gasteiger partial charge in [0.25, 0.3) is 0 Å². The Labute approximate surface area is 119 Å². The first-order valence-corrected chi connectivity index (χ1v) is 6.88. The molecule has 0 radical (unpaired) electrons. The SMILES string of the molecule is CCn1nc(C)cc1CC(C)(N)c1ccc(Cl)cc1. The van der Waals surface area contributed by atoms with E-state index >= 15 is 0 Å². The Kier molecular flexibility index (Phi) is 3.97. The highest BCUT2D eigenvalue weighted by molar-refractivity contribution is 6.30. The molecule has 1 heterocycles. The quantitative estimate of drug-likeness (QED) is 0.932. The molecule has 1 aromatic heterocycles. The second kappa shape index (κ2) is 5.35. The van der Waals surface area contributed by atoms with E-state index in [-0.39, 0.29) is 0 Å². The molecule has 2 rings (SSSR count). The largest absolute Gasteiger partial charge is 0.321 e. The molecule has 0 saturated carbocycles. The Bertz CT molecular complexity index is 555. The van der Waals surface area contributed by atoms with Crippen molar-refractivity contribution in [3.05, 3.63) is 52.3 Å². The van der Waals surface area contributed by atoms with Crippen molar-refractivity contribution in [2.24, 2.45) is 5.73 Å². The smallest absolute Gasteiger partial charge is 0.0596 e. The Morgan fingerprint density at radius 2 is 1.95 bits per heavy atom. The lowest BCUT2D eigenvalue weighted by molar-refractivity contribution is 0.464. The molecule has 0 aliphatic carbocycles. The van der Waals surface area contributed by atoms with Crippen molar-refractivity contribution in [3.63, 3.8) is 0 Å². The number of nitrogens with two attached hydrogens (primary N) is 1. The third-order valence-electron chi connectivity index (χ3n) is 3.34. The van der Waals surface area contributed by atoms with E-state index in [0.717, 1.165) is 29.2 Å². The molecule has 0 saturated heterocycles. The van der Waals surface area contributed by atoms with Crippen molar-refractivity contribution in [2.75, 3.05) is 0 Å². The van der Waals surface area contributed by atoms with Crippen molar-refractivity contribution >= 4 is 11.6 Å². The van der Waals surface area contributed by atoms with E-state index in [2.05, 4.69) is 18.1 Å². The minimum absolute atomic E-state index is 0.427. The minimum atomic E-state index is -0.427. The Hall–Kier alpha value is -1.32. The summed E-state index contributed by atoms with van der Waals surface area (Å²) >= 11 is 5.92. The van der Waals surface area contributed by atoms with Crippen LogP contribution >= 0.6 is 11.6 Å². The van der Waals surface area contributed by atoms with E-state index in [0.29, 0.717) is 0 Å². The Morgan fingerprint density at radius 1 is 1.32 bits per heavy atom. The average molecular weight is 278 g/mol. The van der Waals surface area contributed by atoms with Crippen LogP contribution in [0.25, 0.3) is 0 Å². The summed E-state index contributed by atoms with van der Waals surface area (Å²) in [5.74, 6) is 0. The highest BCUT2D eigenvalue weighted by atomic mass is 35.5. The number of benzene rings is 1. The highest BCUT2D eigenvalue weighted by Crippen LogP contribution is 2.24. The molecule has 102 valence electrons. The summed E-state index contributed by atoms with van der Waals surface area (Å²) in [6, 6.07) is 9.84. The van der Waals surface area contributed by atoms with Crippen LogP contribution < -0.4 is 5.73 Å². The van der Waals surface area contributed by atoms with Crippen LogP contribution in [0.2, 0.25) is 5.02 Å². The number of hydrogen-bond acceptors (Lipinski definition) is 2. The van der Waals surface area contributed by atoms with Gasteiger partial charge in [0.2, 0.25) is 0 Å². The van der Waals surface area contributed by atoms with Crippen molar-refractivity contribution < 1.29 is 0 Å². The standard InChI is InChI=1S/C15H20ClN3/c1-4-19-14(9-11(2)18-19)10-15(3,17)12-5-7-13(16)8-6-12/h5-9H,4,10,17H2,1-3H3. The molecular formula is C15H20ClN3. The number of hydrogen-bond donors (Lipinski definition) is 1. The summed E-state index contributed by atoms with van der Waals surface area (Å²) in [7, 11) is 0. The van der Waals surface area contributed by atoms with Crippen LogP contribution in [0.3, 0.4) is 0 Å². The molecule has 3 nitrogen and oxygen atoms in total. The predicted octanol–water partition coefficient (Wildman–Crippen LogP) is 3.28. The van der Waals surface area contributed by atoms with Gasteiger partial charge in [-0.1, -0.05) is 23.7 Å². The van der Waals surface area contributed by atoms with Gasteiger partial charge in [-0.05, 0) is 44.5 Å². The van der Waals surface area contributed by atoms with E-state index in [9.17, 15) is 0 Å². The van der Waals surface area contributed by atoms with Gasteiger partial charge in [-0.25, -0.2) is 0 Å². The zero-order chi connectivity index (χ0) is 14.0. The van der Waals surface area contributed by atoms with E-state index in [1.165, 1.54) is 5.69 Å². The number of aromatic nitrogens is 2. The van der Waals surface area contributed by atoms with Gasteiger partial charge in [-0.2, -0.15) is 5.10 Å². The second-order valence-corrected chi connectivity index (χ2v) is 5.63. The molecule has 0 aliphatic heterocycles. The fourth-order valence-electron chi connectivity index (χ4n) is 2.32. The van der Waals surface area contributed by atoms with Gasteiger partial charge >= 0.3 is 0 Å². The molecule has 2 aromatic rings.